The Morgan fingerprint density at radius 1 is 1.50 bits per heavy atom. The standard InChI is InChI=1S/C13H20INO/c1-13(2)7-3-4-10(8-13)15-9-11-5-6-12(14)16-11/h5-6,10,15H,3-4,7-9H2,1-2H3. The Morgan fingerprint density at radius 3 is 2.94 bits per heavy atom. The van der Waals surface area contributed by atoms with Crippen LogP contribution < -0.4 is 5.32 Å². The van der Waals surface area contributed by atoms with Gasteiger partial charge in [-0.2, -0.15) is 0 Å². The van der Waals surface area contributed by atoms with Gasteiger partial charge in [0.05, 0.1) is 6.54 Å². The molecular weight excluding hydrogens is 313 g/mol. The van der Waals surface area contributed by atoms with Crippen molar-refractivity contribution in [3.8, 4) is 0 Å². The van der Waals surface area contributed by atoms with Gasteiger partial charge in [-0.05, 0) is 59.4 Å². The quantitative estimate of drug-likeness (QED) is 0.848. The highest BCUT2D eigenvalue weighted by Gasteiger charge is 2.27. The normalized spacial score (nSPS) is 24.6. The molecule has 1 N–H and O–H groups in total. The monoisotopic (exact) mass is 333 g/mol. The van der Waals surface area contributed by atoms with E-state index in [1.807, 2.05) is 6.07 Å². The minimum absolute atomic E-state index is 0.507. The van der Waals surface area contributed by atoms with Gasteiger partial charge >= 0.3 is 0 Å². The first-order chi connectivity index (χ1) is 7.55. The Balaban J connectivity index is 1.82. The lowest BCUT2D eigenvalue weighted by molar-refractivity contribution is 0.195. The number of nitrogens with one attached hydrogen (secondary N) is 1. The Bertz CT molecular complexity index is 345. The largest absolute Gasteiger partial charge is 0.454 e. The SMILES string of the molecule is CC1(C)CCCC(NCc2ccc(I)o2)C1. The van der Waals surface area contributed by atoms with E-state index in [1.165, 1.54) is 25.7 Å². The first-order valence-corrected chi connectivity index (χ1v) is 7.11. The van der Waals surface area contributed by atoms with Crippen molar-refractivity contribution in [1.29, 1.82) is 0 Å². The Kier molecular flexibility index (Phi) is 3.95. The van der Waals surface area contributed by atoms with E-state index >= 15 is 0 Å². The molecule has 2 rings (SSSR count). The van der Waals surface area contributed by atoms with E-state index in [0.717, 1.165) is 16.1 Å². The lowest BCUT2D eigenvalue weighted by Crippen LogP contribution is -2.36. The number of hydrogen-bond acceptors (Lipinski definition) is 2. The van der Waals surface area contributed by atoms with E-state index in [2.05, 4.69) is 47.8 Å². The van der Waals surface area contributed by atoms with Gasteiger partial charge in [-0.3, -0.25) is 0 Å². The predicted octanol–water partition coefficient (Wildman–Crippen LogP) is 3.94. The molecule has 1 saturated carbocycles. The number of hydrogen-bond donors (Lipinski definition) is 1. The third-order valence-electron chi connectivity index (χ3n) is 3.40. The summed E-state index contributed by atoms with van der Waals surface area (Å²) in [4.78, 5) is 0. The fraction of sp³-hybridized carbons (Fsp3) is 0.692. The fourth-order valence-corrected chi connectivity index (χ4v) is 3.03. The van der Waals surface area contributed by atoms with Crippen LogP contribution in [0.15, 0.2) is 16.5 Å². The molecule has 0 aliphatic heterocycles. The minimum Gasteiger partial charge on any atom is -0.454 e. The van der Waals surface area contributed by atoms with Crippen molar-refractivity contribution < 1.29 is 4.42 Å². The summed E-state index contributed by atoms with van der Waals surface area (Å²) in [5.41, 5.74) is 0.507. The molecule has 1 aliphatic carbocycles. The van der Waals surface area contributed by atoms with E-state index in [-0.39, 0.29) is 0 Å². The van der Waals surface area contributed by atoms with E-state index in [4.69, 9.17) is 4.42 Å². The van der Waals surface area contributed by atoms with Gasteiger partial charge in [-0.15, -0.1) is 0 Å². The predicted molar refractivity (Wildman–Crippen MR) is 74.3 cm³/mol. The van der Waals surface area contributed by atoms with Crippen molar-refractivity contribution in [1.82, 2.24) is 5.32 Å². The van der Waals surface area contributed by atoms with Gasteiger partial charge < -0.3 is 9.73 Å². The number of rotatable bonds is 3. The first kappa shape index (κ1) is 12.4. The smallest absolute Gasteiger partial charge is 0.164 e. The molecule has 0 amide bonds. The summed E-state index contributed by atoms with van der Waals surface area (Å²) in [6.07, 6.45) is 5.30. The van der Waals surface area contributed by atoms with Crippen molar-refractivity contribution in [2.75, 3.05) is 0 Å². The van der Waals surface area contributed by atoms with Crippen LogP contribution in [0.4, 0.5) is 0 Å². The molecule has 1 heterocycles. The summed E-state index contributed by atoms with van der Waals surface area (Å²) in [6, 6.07) is 4.73. The van der Waals surface area contributed by atoms with Crippen molar-refractivity contribution in [2.24, 2.45) is 5.41 Å². The molecule has 90 valence electrons. The van der Waals surface area contributed by atoms with Crippen LogP contribution in [0.5, 0.6) is 0 Å². The summed E-state index contributed by atoms with van der Waals surface area (Å²) in [5.74, 6) is 1.05. The Morgan fingerprint density at radius 2 is 2.31 bits per heavy atom. The summed E-state index contributed by atoms with van der Waals surface area (Å²) in [7, 11) is 0. The van der Waals surface area contributed by atoms with Crippen molar-refractivity contribution in [2.45, 2.75) is 52.1 Å². The second-order valence-electron chi connectivity index (χ2n) is 5.54. The molecular formula is C13H20INO. The van der Waals surface area contributed by atoms with E-state index in [0.29, 0.717) is 11.5 Å². The maximum Gasteiger partial charge on any atom is 0.164 e. The lowest BCUT2D eigenvalue weighted by Gasteiger charge is -2.35. The van der Waals surface area contributed by atoms with Gasteiger partial charge in [-0.1, -0.05) is 20.3 Å². The highest BCUT2D eigenvalue weighted by molar-refractivity contribution is 14.1. The molecule has 16 heavy (non-hydrogen) atoms. The molecule has 3 heteroatoms. The maximum absolute atomic E-state index is 5.55. The summed E-state index contributed by atoms with van der Waals surface area (Å²) >= 11 is 2.21. The molecule has 1 aromatic heterocycles. The number of halogens is 1. The summed E-state index contributed by atoms with van der Waals surface area (Å²) in [6.45, 7) is 5.61. The van der Waals surface area contributed by atoms with Crippen LogP contribution >= 0.6 is 22.6 Å². The van der Waals surface area contributed by atoms with Crippen molar-refractivity contribution in [3.63, 3.8) is 0 Å². The van der Waals surface area contributed by atoms with Crippen LogP contribution in [0.25, 0.3) is 0 Å². The maximum atomic E-state index is 5.55. The zero-order valence-corrected chi connectivity index (χ0v) is 12.2. The molecule has 0 spiro atoms. The number of furan rings is 1. The van der Waals surface area contributed by atoms with Gasteiger partial charge in [0, 0.05) is 6.04 Å². The molecule has 1 unspecified atom stereocenters. The molecule has 0 radical (unpaired) electrons. The van der Waals surface area contributed by atoms with Crippen LogP contribution in [-0.4, -0.2) is 6.04 Å². The van der Waals surface area contributed by atoms with E-state index in [9.17, 15) is 0 Å². The van der Waals surface area contributed by atoms with Crippen LogP contribution in [0.3, 0.4) is 0 Å². The summed E-state index contributed by atoms with van der Waals surface area (Å²) in [5, 5.41) is 3.61. The third-order valence-corrected chi connectivity index (χ3v) is 3.98. The van der Waals surface area contributed by atoms with Crippen LogP contribution in [-0.2, 0) is 6.54 Å². The second kappa shape index (κ2) is 5.08. The van der Waals surface area contributed by atoms with Crippen molar-refractivity contribution in [3.05, 3.63) is 21.7 Å². The zero-order chi connectivity index (χ0) is 11.6. The molecule has 0 aromatic carbocycles. The van der Waals surface area contributed by atoms with Gasteiger partial charge in [0.15, 0.2) is 3.77 Å². The topological polar surface area (TPSA) is 25.2 Å². The van der Waals surface area contributed by atoms with Gasteiger partial charge in [0.2, 0.25) is 0 Å². The van der Waals surface area contributed by atoms with Gasteiger partial charge in [0.25, 0.3) is 0 Å². The van der Waals surface area contributed by atoms with Crippen LogP contribution in [0.1, 0.15) is 45.3 Å². The Hall–Kier alpha value is -0.0300. The van der Waals surface area contributed by atoms with Gasteiger partial charge in [0.1, 0.15) is 5.76 Å². The second-order valence-corrected chi connectivity index (χ2v) is 6.61. The summed E-state index contributed by atoms with van der Waals surface area (Å²) < 4.78 is 6.52. The van der Waals surface area contributed by atoms with E-state index in [1.54, 1.807) is 0 Å². The molecule has 1 aromatic rings. The molecule has 0 saturated heterocycles. The third kappa shape index (κ3) is 3.48. The highest BCUT2D eigenvalue weighted by atomic mass is 127. The zero-order valence-electron chi connectivity index (χ0n) is 10.1. The minimum atomic E-state index is 0.507. The molecule has 0 bridgehead atoms. The Labute approximate surface area is 111 Å². The van der Waals surface area contributed by atoms with Gasteiger partial charge in [-0.25, -0.2) is 0 Å². The molecule has 1 atom stereocenters. The van der Waals surface area contributed by atoms with Crippen molar-refractivity contribution >= 4 is 22.6 Å². The fourth-order valence-electron chi connectivity index (χ4n) is 2.56. The average molecular weight is 333 g/mol. The lowest BCUT2D eigenvalue weighted by atomic mass is 9.75. The molecule has 1 aliphatic rings. The van der Waals surface area contributed by atoms with Crippen LogP contribution in [0, 0.1) is 9.18 Å². The average Bonchev–Trinajstić information content (AvgIpc) is 2.60. The van der Waals surface area contributed by atoms with Crippen LogP contribution in [0.2, 0.25) is 0 Å². The molecule has 1 fully saturated rings. The highest BCUT2D eigenvalue weighted by Crippen LogP contribution is 2.35. The molecule has 2 nitrogen and oxygen atoms in total. The first-order valence-electron chi connectivity index (χ1n) is 6.03. The van der Waals surface area contributed by atoms with E-state index < -0.39 is 0 Å².